The molecule has 1 aliphatic rings. The Kier molecular flexibility index (Phi) is 9.12. The van der Waals surface area contributed by atoms with E-state index in [1.165, 1.54) is 18.5 Å². The summed E-state index contributed by atoms with van der Waals surface area (Å²) in [4.78, 5) is 28.9. The number of aromatic amines is 1. The summed E-state index contributed by atoms with van der Waals surface area (Å²) in [6.07, 6.45) is 3.52. The SMILES string of the molecule is Cc1ccc(CNC(=O)c2cn(CCCCc3cc4c(Br)c(C5CC5)[nH]c4nn3)nn2)cn1.O=C(O)C(F)(F)F. The first-order chi connectivity index (χ1) is 19.0. The maximum atomic E-state index is 12.3. The molecule has 4 aromatic heterocycles. The number of hydrogen-bond donors (Lipinski definition) is 3. The van der Waals surface area contributed by atoms with Crippen LogP contribution < -0.4 is 5.32 Å². The van der Waals surface area contributed by atoms with Crippen molar-refractivity contribution in [1.29, 1.82) is 0 Å². The Morgan fingerprint density at radius 2 is 1.95 bits per heavy atom. The molecule has 1 aliphatic carbocycles. The molecule has 1 fully saturated rings. The number of aryl methyl sites for hydroxylation is 3. The van der Waals surface area contributed by atoms with Crippen LogP contribution in [-0.4, -0.2) is 58.3 Å². The molecule has 212 valence electrons. The summed E-state index contributed by atoms with van der Waals surface area (Å²) < 4.78 is 34.6. The van der Waals surface area contributed by atoms with Crippen molar-refractivity contribution in [3.05, 3.63) is 63.4 Å². The van der Waals surface area contributed by atoms with Crippen molar-refractivity contribution in [3.63, 3.8) is 0 Å². The summed E-state index contributed by atoms with van der Waals surface area (Å²) in [5.41, 5.74) is 5.28. The highest BCUT2D eigenvalue weighted by Gasteiger charge is 2.38. The number of nitrogens with one attached hydrogen (secondary N) is 2. The Bertz CT molecular complexity index is 1480. The topological polar surface area (TPSA) is 152 Å². The van der Waals surface area contributed by atoms with Gasteiger partial charge in [0.25, 0.3) is 5.91 Å². The summed E-state index contributed by atoms with van der Waals surface area (Å²) >= 11 is 3.73. The van der Waals surface area contributed by atoms with Crippen LogP contribution in [0, 0.1) is 6.92 Å². The number of carboxylic acid groups (broad SMARTS) is 1. The average Bonchev–Trinajstić information content (AvgIpc) is 3.56. The van der Waals surface area contributed by atoms with E-state index in [2.05, 4.69) is 57.8 Å². The Morgan fingerprint density at radius 3 is 2.60 bits per heavy atom. The van der Waals surface area contributed by atoms with Gasteiger partial charge >= 0.3 is 12.1 Å². The van der Waals surface area contributed by atoms with Crippen molar-refractivity contribution < 1.29 is 27.9 Å². The summed E-state index contributed by atoms with van der Waals surface area (Å²) in [6.45, 7) is 3.03. The zero-order valence-corrected chi connectivity index (χ0v) is 23.0. The van der Waals surface area contributed by atoms with Crippen LogP contribution in [0.5, 0.6) is 0 Å². The van der Waals surface area contributed by atoms with Gasteiger partial charge in [-0.15, -0.1) is 10.2 Å². The molecule has 3 N–H and O–H groups in total. The van der Waals surface area contributed by atoms with Gasteiger partial charge in [0.15, 0.2) is 11.3 Å². The first-order valence-corrected chi connectivity index (χ1v) is 13.2. The number of hydrogen-bond acceptors (Lipinski definition) is 7. The van der Waals surface area contributed by atoms with E-state index in [0.717, 1.165) is 51.7 Å². The second kappa shape index (κ2) is 12.5. The van der Waals surface area contributed by atoms with Crippen molar-refractivity contribution in [2.24, 2.45) is 0 Å². The van der Waals surface area contributed by atoms with Crippen molar-refractivity contribution in [1.82, 2.24) is 40.5 Å². The van der Waals surface area contributed by atoms with Gasteiger partial charge in [0.05, 0.1) is 11.9 Å². The molecule has 11 nitrogen and oxygen atoms in total. The zero-order valence-electron chi connectivity index (χ0n) is 21.4. The van der Waals surface area contributed by atoms with Crippen LogP contribution in [-0.2, 0) is 24.3 Å². The van der Waals surface area contributed by atoms with Crippen molar-refractivity contribution in [2.75, 3.05) is 0 Å². The smallest absolute Gasteiger partial charge is 0.475 e. The van der Waals surface area contributed by atoms with Crippen molar-refractivity contribution in [2.45, 2.75) is 64.2 Å². The lowest BCUT2D eigenvalue weighted by Gasteiger charge is -2.03. The minimum Gasteiger partial charge on any atom is -0.475 e. The van der Waals surface area contributed by atoms with E-state index in [9.17, 15) is 18.0 Å². The minimum absolute atomic E-state index is 0.243. The van der Waals surface area contributed by atoms with Crippen LogP contribution in [0.3, 0.4) is 0 Å². The van der Waals surface area contributed by atoms with E-state index in [0.29, 0.717) is 24.7 Å². The zero-order chi connectivity index (χ0) is 28.9. The standard InChI is InChI=1S/C23H25BrN8O.C2HF3O2/c1-14-5-6-15(11-25-14)12-26-23(33)19-13-32(31-29-19)9-3-2-4-17-10-18-20(24)21(16-7-8-16)27-22(18)30-28-17;3-2(4,5)1(6)7/h5-6,10-11,13,16H,2-4,7-9,12H2,1H3,(H,26,33)(H,27,30);(H,6,7). The fourth-order valence-electron chi connectivity index (χ4n) is 3.76. The quantitative estimate of drug-likeness (QED) is 0.231. The second-order valence-electron chi connectivity index (χ2n) is 9.34. The van der Waals surface area contributed by atoms with Gasteiger partial charge in [0.2, 0.25) is 0 Å². The van der Waals surface area contributed by atoms with E-state index in [-0.39, 0.29) is 5.91 Å². The number of unbranched alkanes of at least 4 members (excludes halogenated alkanes) is 1. The highest BCUT2D eigenvalue weighted by Crippen LogP contribution is 2.44. The number of aliphatic carboxylic acids is 1. The number of rotatable bonds is 9. The van der Waals surface area contributed by atoms with Crippen LogP contribution in [0.4, 0.5) is 13.2 Å². The van der Waals surface area contributed by atoms with E-state index < -0.39 is 12.1 Å². The molecule has 0 unspecified atom stereocenters. The van der Waals surface area contributed by atoms with E-state index in [1.54, 1.807) is 17.1 Å². The van der Waals surface area contributed by atoms with Crippen molar-refractivity contribution >= 4 is 38.8 Å². The van der Waals surface area contributed by atoms with Gasteiger partial charge in [-0.1, -0.05) is 11.3 Å². The molecular formula is C25H26BrF3N8O3. The Labute approximate surface area is 234 Å². The molecule has 4 aromatic rings. The fourth-order valence-corrected chi connectivity index (χ4v) is 4.49. The van der Waals surface area contributed by atoms with Crippen molar-refractivity contribution in [3.8, 4) is 0 Å². The number of pyridine rings is 1. The molecule has 15 heteroatoms. The predicted molar refractivity (Wildman–Crippen MR) is 140 cm³/mol. The average molecular weight is 623 g/mol. The number of fused-ring (bicyclic) bond motifs is 1. The van der Waals surface area contributed by atoms with Crippen LogP contribution in [0.25, 0.3) is 11.0 Å². The molecule has 0 spiro atoms. The summed E-state index contributed by atoms with van der Waals surface area (Å²) in [6, 6.07) is 5.99. The molecule has 0 radical (unpaired) electrons. The van der Waals surface area contributed by atoms with Crippen LogP contribution >= 0.6 is 15.9 Å². The Morgan fingerprint density at radius 1 is 1.20 bits per heavy atom. The lowest BCUT2D eigenvalue weighted by molar-refractivity contribution is -0.192. The van der Waals surface area contributed by atoms with E-state index >= 15 is 0 Å². The first kappa shape index (κ1) is 29.1. The number of nitrogens with zero attached hydrogens (tertiary/aromatic N) is 6. The molecule has 1 amide bonds. The molecule has 1 saturated carbocycles. The van der Waals surface area contributed by atoms with Crippen LogP contribution in [0.15, 0.2) is 35.1 Å². The third-order valence-corrected chi connectivity index (χ3v) is 6.92. The molecule has 0 aromatic carbocycles. The molecule has 0 saturated heterocycles. The first-order valence-electron chi connectivity index (χ1n) is 12.4. The second-order valence-corrected chi connectivity index (χ2v) is 10.1. The van der Waals surface area contributed by atoms with Gasteiger partial charge in [-0.05, 0) is 72.7 Å². The molecule has 40 heavy (non-hydrogen) atoms. The normalized spacial score (nSPS) is 13.1. The number of H-pyrrole nitrogens is 1. The van der Waals surface area contributed by atoms with Gasteiger partial charge in [0.1, 0.15) is 0 Å². The lowest BCUT2D eigenvalue weighted by atomic mass is 10.1. The number of halogens is 4. The van der Waals surface area contributed by atoms with Gasteiger partial charge in [0, 0.05) is 46.5 Å². The lowest BCUT2D eigenvalue weighted by Crippen LogP contribution is -2.23. The Balaban J connectivity index is 0.000000470. The number of carbonyl (C=O) groups is 2. The van der Waals surface area contributed by atoms with Crippen LogP contribution in [0.2, 0.25) is 0 Å². The number of aromatic nitrogens is 7. The highest BCUT2D eigenvalue weighted by atomic mass is 79.9. The molecule has 0 bridgehead atoms. The summed E-state index contributed by atoms with van der Waals surface area (Å²) in [5.74, 6) is -2.37. The number of alkyl halides is 3. The van der Waals surface area contributed by atoms with Gasteiger partial charge in [-0.3, -0.25) is 14.5 Å². The Hall–Kier alpha value is -3.88. The maximum absolute atomic E-state index is 12.3. The largest absolute Gasteiger partial charge is 0.490 e. The minimum atomic E-state index is -5.08. The number of carboxylic acids is 1. The van der Waals surface area contributed by atoms with Gasteiger partial charge < -0.3 is 15.4 Å². The van der Waals surface area contributed by atoms with Crippen LogP contribution in [0.1, 0.15) is 64.7 Å². The van der Waals surface area contributed by atoms with E-state index in [4.69, 9.17) is 9.90 Å². The highest BCUT2D eigenvalue weighted by molar-refractivity contribution is 9.10. The molecule has 0 aliphatic heterocycles. The fraction of sp³-hybridized carbons (Fsp3) is 0.400. The third kappa shape index (κ3) is 7.83. The molecular weight excluding hydrogens is 597 g/mol. The third-order valence-electron chi connectivity index (χ3n) is 6.07. The maximum Gasteiger partial charge on any atom is 0.490 e. The predicted octanol–water partition coefficient (Wildman–Crippen LogP) is 4.48. The number of amides is 1. The monoisotopic (exact) mass is 622 g/mol. The molecule has 4 heterocycles. The van der Waals surface area contributed by atoms with Gasteiger partial charge in [-0.2, -0.15) is 18.3 Å². The molecule has 5 rings (SSSR count). The summed E-state index contributed by atoms with van der Waals surface area (Å²) in [5, 5.41) is 27.9. The van der Waals surface area contributed by atoms with Gasteiger partial charge in [-0.25, -0.2) is 4.79 Å². The number of carbonyl (C=O) groups excluding carboxylic acids is 1. The summed E-state index contributed by atoms with van der Waals surface area (Å²) in [7, 11) is 0. The van der Waals surface area contributed by atoms with E-state index in [1.807, 2.05) is 19.1 Å². The molecule has 0 atom stereocenters.